The third kappa shape index (κ3) is 3.80. The minimum atomic E-state index is -0.387. The molecule has 1 fully saturated rings. The van der Waals surface area contributed by atoms with Gasteiger partial charge in [-0.25, -0.2) is 5.43 Å². The summed E-state index contributed by atoms with van der Waals surface area (Å²) in [6, 6.07) is 4.74. The molecule has 0 unspecified atom stereocenters. The summed E-state index contributed by atoms with van der Waals surface area (Å²) >= 11 is 3.28. The first-order valence-electron chi connectivity index (χ1n) is 6.78. The number of aromatic hydroxyl groups is 1. The number of hydrogen-bond acceptors (Lipinski definition) is 3. The first-order valence-corrected chi connectivity index (χ1v) is 7.57. The van der Waals surface area contributed by atoms with E-state index in [9.17, 15) is 9.90 Å². The second-order valence-electron chi connectivity index (χ2n) is 4.88. The Labute approximate surface area is 126 Å². The Kier molecular flexibility index (Phi) is 5.14. The average Bonchev–Trinajstić information content (AvgIpc) is 2.47. The molecule has 0 spiro atoms. The number of nitrogens with zero attached hydrogens (tertiary/aromatic N) is 1. The normalized spacial score (nSPS) is 18.7. The number of piperidine rings is 1. The molecule has 3 N–H and O–H groups in total. The summed E-state index contributed by atoms with van der Waals surface area (Å²) in [6.07, 6.45) is 1.82. The maximum absolute atomic E-state index is 12.0. The number of hydrogen-bond donors (Lipinski definition) is 3. The molecule has 0 saturated carbocycles. The van der Waals surface area contributed by atoms with Gasteiger partial charge in [-0.15, -0.1) is 0 Å². The van der Waals surface area contributed by atoms with E-state index in [2.05, 4.69) is 33.4 Å². The van der Waals surface area contributed by atoms with Gasteiger partial charge in [-0.2, -0.15) is 5.10 Å². The zero-order chi connectivity index (χ0) is 14.5. The Morgan fingerprint density at radius 1 is 1.45 bits per heavy atom. The molecule has 0 aliphatic carbocycles. The number of likely N-dealkylation sites (tertiary alicyclic amines) is 1. The summed E-state index contributed by atoms with van der Waals surface area (Å²) in [5, 5.41) is 13.9. The van der Waals surface area contributed by atoms with Gasteiger partial charge in [-0.05, 0) is 25.1 Å². The monoisotopic (exact) mass is 340 g/mol. The number of carbonyl (C=O) groups excluding carboxylic acids is 1. The Balaban J connectivity index is 1.97. The van der Waals surface area contributed by atoms with Crippen LogP contribution >= 0.6 is 15.9 Å². The molecule has 2 rings (SSSR count). The van der Waals surface area contributed by atoms with Gasteiger partial charge >= 0.3 is 0 Å². The molecule has 0 radical (unpaired) electrons. The van der Waals surface area contributed by atoms with Crippen LogP contribution in [0.3, 0.4) is 0 Å². The number of amides is 1. The lowest BCUT2D eigenvalue weighted by molar-refractivity contribution is -0.899. The Hall–Kier alpha value is -1.40. The van der Waals surface area contributed by atoms with Gasteiger partial charge in [0.05, 0.1) is 25.2 Å². The SMILES string of the molecule is CC[NH+]1CCC(=NNC(=O)c2cc(Br)ccc2O)CC1. The van der Waals surface area contributed by atoms with Crippen LogP contribution in [0.25, 0.3) is 0 Å². The second-order valence-corrected chi connectivity index (χ2v) is 5.80. The molecule has 6 heteroatoms. The van der Waals surface area contributed by atoms with Gasteiger partial charge in [0, 0.05) is 23.0 Å². The fraction of sp³-hybridized carbons (Fsp3) is 0.429. The van der Waals surface area contributed by atoms with E-state index in [4.69, 9.17) is 0 Å². The first kappa shape index (κ1) is 15.0. The highest BCUT2D eigenvalue weighted by Gasteiger charge is 2.17. The van der Waals surface area contributed by atoms with Gasteiger partial charge in [0.2, 0.25) is 0 Å². The standard InChI is InChI=1S/C14H18BrN3O2/c1-2-18-7-5-11(6-8-18)16-17-14(20)12-9-10(15)3-4-13(12)19/h3-4,9,19H,2,5-8H2,1H3,(H,17,20)/p+1. The zero-order valence-corrected chi connectivity index (χ0v) is 13.0. The average molecular weight is 341 g/mol. The first-order chi connectivity index (χ1) is 9.60. The summed E-state index contributed by atoms with van der Waals surface area (Å²) in [7, 11) is 0. The molecule has 1 aromatic rings. The van der Waals surface area contributed by atoms with E-state index in [1.807, 2.05) is 0 Å². The zero-order valence-electron chi connectivity index (χ0n) is 11.4. The maximum Gasteiger partial charge on any atom is 0.275 e. The Morgan fingerprint density at radius 2 is 2.15 bits per heavy atom. The Morgan fingerprint density at radius 3 is 2.80 bits per heavy atom. The van der Waals surface area contributed by atoms with E-state index >= 15 is 0 Å². The van der Waals surface area contributed by atoms with Crippen LogP contribution in [0.4, 0.5) is 0 Å². The third-order valence-electron chi connectivity index (χ3n) is 3.55. The summed E-state index contributed by atoms with van der Waals surface area (Å²) in [5.41, 5.74) is 3.77. The number of rotatable bonds is 3. The summed E-state index contributed by atoms with van der Waals surface area (Å²) in [5.74, 6) is -0.433. The van der Waals surface area contributed by atoms with Crippen molar-refractivity contribution in [2.45, 2.75) is 19.8 Å². The number of nitrogens with one attached hydrogen (secondary N) is 2. The van der Waals surface area contributed by atoms with Gasteiger partial charge in [0.25, 0.3) is 5.91 Å². The number of benzene rings is 1. The lowest BCUT2D eigenvalue weighted by atomic mass is 10.1. The van der Waals surface area contributed by atoms with Crippen molar-refractivity contribution in [3.63, 3.8) is 0 Å². The van der Waals surface area contributed by atoms with Crippen LogP contribution in [-0.4, -0.2) is 36.4 Å². The van der Waals surface area contributed by atoms with Crippen LogP contribution in [0.1, 0.15) is 30.1 Å². The minimum absolute atomic E-state index is 0.0452. The fourth-order valence-corrected chi connectivity index (χ4v) is 2.60. The van der Waals surface area contributed by atoms with Crippen LogP contribution in [-0.2, 0) is 0 Å². The van der Waals surface area contributed by atoms with E-state index in [1.54, 1.807) is 17.0 Å². The summed E-state index contributed by atoms with van der Waals surface area (Å²) < 4.78 is 0.743. The van der Waals surface area contributed by atoms with Crippen LogP contribution < -0.4 is 10.3 Å². The van der Waals surface area contributed by atoms with Gasteiger partial charge in [0.15, 0.2) is 0 Å². The van der Waals surface area contributed by atoms with Gasteiger partial charge in [-0.3, -0.25) is 4.79 Å². The van der Waals surface area contributed by atoms with Gasteiger partial charge < -0.3 is 10.0 Å². The van der Waals surface area contributed by atoms with E-state index in [1.165, 1.54) is 6.07 Å². The maximum atomic E-state index is 12.0. The second kappa shape index (κ2) is 6.85. The molecule has 1 aliphatic heterocycles. The molecule has 1 heterocycles. The third-order valence-corrected chi connectivity index (χ3v) is 4.05. The van der Waals surface area contributed by atoms with E-state index < -0.39 is 0 Å². The number of carbonyl (C=O) groups is 1. The van der Waals surface area contributed by atoms with Crippen molar-refractivity contribution < 1.29 is 14.8 Å². The molecule has 1 saturated heterocycles. The smallest absolute Gasteiger partial charge is 0.275 e. The van der Waals surface area contributed by atoms with Gasteiger partial charge in [0.1, 0.15) is 5.75 Å². The van der Waals surface area contributed by atoms with Crippen LogP contribution in [0.15, 0.2) is 27.8 Å². The highest BCUT2D eigenvalue weighted by molar-refractivity contribution is 9.10. The molecule has 1 amide bonds. The predicted octanol–water partition coefficient (Wildman–Crippen LogP) is 0.939. The molecule has 108 valence electrons. The van der Waals surface area contributed by atoms with Crippen LogP contribution in [0.2, 0.25) is 0 Å². The quantitative estimate of drug-likeness (QED) is 0.717. The van der Waals surface area contributed by atoms with Crippen molar-refractivity contribution in [1.29, 1.82) is 0 Å². The molecule has 0 aromatic heterocycles. The number of halogens is 1. The minimum Gasteiger partial charge on any atom is -0.507 e. The van der Waals surface area contributed by atoms with E-state index in [0.717, 1.165) is 42.7 Å². The summed E-state index contributed by atoms with van der Waals surface area (Å²) in [6.45, 7) is 5.43. The molecule has 1 aromatic carbocycles. The lowest BCUT2D eigenvalue weighted by Crippen LogP contribution is -3.12. The highest BCUT2D eigenvalue weighted by atomic mass is 79.9. The van der Waals surface area contributed by atoms with Crippen LogP contribution in [0.5, 0.6) is 5.75 Å². The van der Waals surface area contributed by atoms with Crippen molar-refractivity contribution in [2.75, 3.05) is 19.6 Å². The molecule has 5 nitrogen and oxygen atoms in total. The highest BCUT2D eigenvalue weighted by Crippen LogP contribution is 2.21. The predicted molar refractivity (Wildman–Crippen MR) is 81.2 cm³/mol. The number of quaternary nitrogens is 1. The number of hydrazone groups is 1. The largest absolute Gasteiger partial charge is 0.507 e. The number of phenolic OH excluding ortho intramolecular Hbond substituents is 1. The number of phenols is 1. The van der Waals surface area contributed by atoms with Gasteiger partial charge in [-0.1, -0.05) is 15.9 Å². The van der Waals surface area contributed by atoms with E-state index in [0.29, 0.717) is 0 Å². The lowest BCUT2D eigenvalue weighted by Gasteiger charge is -2.23. The van der Waals surface area contributed by atoms with E-state index in [-0.39, 0.29) is 17.2 Å². The molecule has 0 atom stereocenters. The summed E-state index contributed by atoms with van der Waals surface area (Å²) in [4.78, 5) is 13.5. The molecular weight excluding hydrogens is 322 g/mol. The van der Waals surface area contributed by atoms with Crippen molar-refractivity contribution in [3.05, 3.63) is 28.2 Å². The molecule has 20 heavy (non-hydrogen) atoms. The topological polar surface area (TPSA) is 66.1 Å². The Bertz CT molecular complexity index is 521. The van der Waals surface area contributed by atoms with Crippen molar-refractivity contribution >= 4 is 27.5 Å². The molecule has 0 bridgehead atoms. The molecular formula is C14H19BrN3O2+. The van der Waals surface area contributed by atoms with Crippen molar-refractivity contribution in [1.82, 2.24) is 5.43 Å². The molecule has 1 aliphatic rings. The fourth-order valence-electron chi connectivity index (χ4n) is 2.24. The van der Waals surface area contributed by atoms with Crippen molar-refractivity contribution in [2.24, 2.45) is 5.10 Å². The van der Waals surface area contributed by atoms with Crippen molar-refractivity contribution in [3.8, 4) is 5.75 Å². The van der Waals surface area contributed by atoms with Crippen LogP contribution in [0, 0.1) is 0 Å².